The molecule has 0 aromatic carbocycles. The van der Waals surface area contributed by atoms with Crippen LogP contribution in [0.5, 0.6) is 0 Å². The normalized spacial score (nSPS) is 14.5. The van der Waals surface area contributed by atoms with Crippen molar-refractivity contribution < 1.29 is 4.79 Å². The average molecular weight is 193 g/mol. The molecule has 0 radical (unpaired) electrons. The monoisotopic (exact) mass is 193 g/mol. The summed E-state index contributed by atoms with van der Waals surface area (Å²) in [5, 5.41) is 2.80. The molecule has 0 aliphatic heterocycles. The summed E-state index contributed by atoms with van der Waals surface area (Å²) in [4.78, 5) is 15.2. The van der Waals surface area contributed by atoms with E-state index in [0.717, 1.165) is 5.56 Å². The summed E-state index contributed by atoms with van der Waals surface area (Å²) in [5.41, 5.74) is 6.46. The van der Waals surface area contributed by atoms with Gasteiger partial charge in [-0.25, -0.2) is 0 Å². The second-order valence-electron chi connectivity index (χ2n) is 3.30. The quantitative estimate of drug-likeness (QED) is 0.739. The van der Waals surface area contributed by atoms with Gasteiger partial charge in [0.25, 0.3) is 0 Å². The lowest BCUT2D eigenvalue weighted by atomic mass is 10.1. The molecule has 1 amide bonds. The molecule has 14 heavy (non-hydrogen) atoms. The Morgan fingerprint density at radius 1 is 1.43 bits per heavy atom. The Balaban J connectivity index is 2.59. The highest BCUT2D eigenvalue weighted by molar-refractivity contribution is 5.81. The molecule has 2 atom stereocenters. The summed E-state index contributed by atoms with van der Waals surface area (Å²) in [6, 6.07) is 3.23. The number of pyridine rings is 1. The van der Waals surface area contributed by atoms with Gasteiger partial charge in [-0.15, -0.1) is 0 Å². The zero-order valence-electron chi connectivity index (χ0n) is 8.40. The first kappa shape index (κ1) is 10.7. The van der Waals surface area contributed by atoms with Crippen molar-refractivity contribution in [3.8, 4) is 0 Å². The molecule has 1 heterocycles. The third kappa shape index (κ3) is 2.81. The maximum Gasteiger partial charge on any atom is 0.237 e. The van der Waals surface area contributed by atoms with E-state index in [2.05, 4.69) is 10.3 Å². The van der Waals surface area contributed by atoms with Gasteiger partial charge in [-0.3, -0.25) is 9.78 Å². The van der Waals surface area contributed by atoms with Gasteiger partial charge in [0.2, 0.25) is 5.91 Å². The predicted molar refractivity (Wildman–Crippen MR) is 54.4 cm³/mol. The van der Waals surface area contributed by atoms with Crippen LogP contribution in [0.1, 0.15) is 25.5 Å². The second-order valence-corrected chi connectivity index (χ2v) is 3.30. The first-order valence-electron chi connectivity index (χ1n) is 4.57. The topological polar surface area (TPSA) is 68.0 Å². The first-order chi connectivity index (χ1) is 6.61. The van der Waals surface area contributed by atoms with Gasteiger partial charge in [-0.1, -0.05) is 0 Å². The maximum atomic E-state index is 11.3. The third-order valence-corrected chi connectivity index (χ3v) is 1.98. The molecule has 3 N–H and O–H groups in total. The van der Waals surface area contributed by atoms with Crippen LogP contribution in [-0.2, 0) is 4.79 Å². The zero-order valence-corrected chi connectivity index (χ0v) is 8.40. The average Bonchev–Trinajstić information content (AvgIpc) is 2.19. The molecule has 0 fully saturated rings. The Labute approximate surface area is 83.5 Å². The zero-order chi connectivity index (χ0) is 10.6. The van der Waals surface area contributed by atoms with Crippen LogP contribution in [0.25, 0.3) is 0 Å². The van der Waals surface area contributed by atoms with E-state index in [-0.39, 0.29) is 11.9 Å². The fourth-order valence-corrected chi connectivity index (χ4v) is 1.08. The second kappa shape index (κ2) is 4.72. The van der Waals surface area contributed by atoms with Gasteiger partial charge < -0.3 is 11.1 Å². The molecule has 0 saturated carbocycles. The van der Waals surface area contributed by atoms with Gasteiger partial charge in [0.15, 0.2) is 0 Å². The Kier molecular flexibility index (Phi) is 3.59. The van der Waals surface area contributed by atoms with Gasteiger partial charge >= 0.3 is 0 Å². The van der Waals surface area contributed by atoms with E-state index in [1.54, 1.807) is 19.3 Å². The number of carbonyl (C=O) groups is 1. The lowest BCUT2D eigenvalue weighted by Gasteiger charge is -2.15. The van der Waals surface area contributed by atoms with Crippen LogP contribution in [0.3, 0.4) is 0 Å². The van der Waals surface area contributed by atoms with Gasteiger partial charge in [0.1, 0.15) is 0 Å². The highest BCUT2D eigenvalue weighted by Gasteiger charge is 2.11. The van der Waals surface area contributed by atoms with Crippen LogP contribution >= 0.6 is 0 Å². The highest BCUT2D eigenvalue weighted by atomic mass is 16.2. The largest absolute Gasteiger partial charge is 0.348 e. The minimum atomic E-state index is -0.473. The van der Waals surface area contributed by atoms with Crippen molar-refractivity contribution in [2.45, 2.75) is 25.9 Å². The van der Waals surface area contributed by atoms with E-state index in [0.29, 0.717) is 0 Å². The van der Waals surface area contributed by atoms with Crippen LogP contribution < -0.4 is 11.1 Å². The van der Waals surface area contributed by atoms with Crippen molar-refractivity contribution in [1.29, 1.82) is 0 Å². The molecule has 0 aliphatic rings. The molecule has 4 nitrogen and oxygen atoms in total. The maximum absolute atomic E-state index is 11.3. The summed E-state index contributed by atoms with van der Waals surface area (Å²) in [6.07, 6.45) is 3.40. The van der Waals surface area contributed by atoms with E-state index >= 15 is 0 Å². The van der Waals surface area contributed by atoms with Crippen LogP contribution in [0.2, 0.25) is 0 Å². The number of hydrogen-bond donors (Lipinski definition) is 2. The Morgan fingerprint density at radius 2 is 2.00 bits per heavy atom. The Hall–Kier alpha value is -1.42. The SMILES string of the molecule is CC(N)C(=O)NC(C)c1ccncc1. The first-order valence-corrected chi connectivity index (χ1v) is 4.57. The molecule has 1 aromatic rings. The molecule has 76 valence electrons. The molecule has 0 bridgehead atoms. The van der Waals surface area contributed by atoms with E-state index in [1.165, 1.54) is 0 Å². The van der Waals surface area contributed by atoms with Gasteiger partial charge in [0.05, 0.1) is 12.1 Å². The Bertz CT molecular complexity index is 297. The standard InChI is InChI=1S/C10H15N3O/c1-7(11)10(14)13-8(2)9-3-5-12-6-4-9/h3-8H,11H2,1-2H3,(H,13,14). The molecule has 2 unspecified atom stereocenters. The predicted octanol–water partition coefficient (Wildman–Crippen LogP) is 0.606. The molecule has 1 rings (SSSR count). The van der Waals surface area contributed by atoms with Gasteiger partial charge in [-0.2, -0.15) is 0 Å². The van der Waals surface area contributed by atoms with Crippen LogP contribution in [0, 0.1) is 0 Å². The number of rotatable bonds is 3. The van der Waals surface area contributed by atoms with Crippen LogP contribution in [0.4, 0.5) is 0 Å². The number of hydrogen-bond acceptors (Lipinski definition) is 3. The Morgan fingerprint density at radius 3 is 2.50 bits per heavy atom. The summed E-state index contributed by atoms with van der Waals surface area (Å²) < 4.78 is 0. The molecule has 0 spiro atoms. The van der Waals surface area contributed by atoms with E-state index in [1.807, 2.05) is 19.1 Å². The summed E-state index contributed by atoms with van der Waals surface area (Å²) in [5.74, 6) is -0.144. The fourth-order valence-electron chi connectivity index (χ4n) is 1.08. The van der Waals surface area contributed by atoms with Crippen LogP contribution in [-0.4, -0.2) is 16.9 Å². The summed E-state index contributed by atoms with van der Waals surface area (Å²) in [7, 11) is 0. The summed E-state index contributed by atoms with van der Waals surface area (Å²) in [6.45, 7) is 3.57. The smallest absolute Gasteiger partial charge is 0.237 e. The van der Waals surface area contributed by atoms with Crippen molar-refractivity contribution in [1.82, 2.24) is 10.3 Å². The van der Waals surface area contributed by atoms with Gasteiger partial charge in [-0.05, 0) is 31.5 Å². The lowest BCUT2D eigenvalue weighted by Crippen LogP contribution is -2.39. The molecule has 0 saturated heterocycles. The van der Waals surface area contributed by atoms with Crippen LogP contribution in [0.15, 0.2) is 24.5 Å². The van der Waals surface area contributed by atoms with Crippen molar-refractivity contribution in [3.63, 3.8) is 0 Å². The number of amides is 1. The highest BCUT2D eigenvalue weighted by Crippen LogP contribution is 2.09. The molecule has 1 aromatic heterocycles. The van der Waals surface area contributed by atoms with Crippen molar-refractivity contribution >= 4 is 5.91 Å². The number of aromatic nitrogens is 1. The van der Waals surface area contributed by atoms with E-state index in [4.69, 9.17) is 5.73 Å². The fraction of sp³-hybridized carbons (Fsp3) is 0.400. The number of nitrogens with zero attached hydrogens (tertiary/aromatic N) is 1. The van der Waals surface area contributed by atoms with E-state index in [9.17, 15) is 4.79 Å². The van der Waals surface area contributed by atoms with Crippen molar-refractivity contribution in [2.75, 3.05) is 0 Å². The molecule has 4 heteroatoms. The van der Waals surface area contributed by atoms with Crippen molar-refractivity contribution in [2.24, 2.45) is 5.73 Å². The van der Waals surface area contributed by atoms with Crippen molar-refractivity contribution in [3.05, 3.63) is 30.1 Å². The minimum absolute atomic E-state index is 0.0310. The number of nitrogens with one attached hydrogen (secondary N) is 1. The summed E-state index contributed by atoms with van der Waals surface area (Å²) >= 11 is 0. The van der Waals surface area contributed by atoms with Gasteiger partial charge in [0, 0.05) is 12.4 Å². The van der Waals surface area contributed by atoms with E-state index < -0.39 is 6.04 Å². The number of carbonyl (C=O) groups excluding carboxylic acids is 1. The lowest BCUT2D eigenvalue weighted by molar-refractivity contribution is -0.122. The molecular formula is C10H15N3O. The molecular weight excluding hydrogens is 178 g/mol. The number of nitrogens with two attached hydrogens (primary N) is 1. The third-order valence-electron chi connectivity index (χ3n) is 1.98. The minimum Gasteiger partial charge on any atom is -0.348 e. The molecule has 0 aliphatic carbocycles.